The molecule has 0 spiro atoms. The number of carbonyl (C=O) groups is 2. The Kier molecular flexibility index (Phi) is 4.64. The molecule has 0 bridgehead atoms. The predicted octanol–water partition coefficient (Wildman–Crippen LogP) is 4.85. The number of amides is 1. The summed E-state index contributed by atoms with van der Waals surface area (Å²) in [6, 6.07) is 12.7. The quantitative estimate of drug-likeness (QED) is 0.537. The average Bonchev–Trinajstić information content (AvgIpc) is 2.91. The maximum Gasteiger partial charge on any atom is 0.242 e. The molecule has 1 amide bonds. The van der Waals surface area contributed by atoms with E-state index in [4.69, 9.17) is 16.0 Å². The lowest BCUT2D eigenvalue weighted by molar-refractivity contribution is -0.115. The minimum absolute atomic E-state index is 0.159. The molecular formula is C20H18ClNO3. The Morgan fingerprint density at radius 3 is 2.40 bits per heavy atom. The van der Waals surface area contributed by atoms with Gasteiger partial charge in [0, 0.05) is 28.3 Å². The van der Waals surface area contributed by atoms with E-state index in [-0.39, 0.29) is 11.7 Å². The van der Waals surface area contributed by atoms with Crippen molar-refractivity contribution < 1.29 is 14.0 Å². The van der Waals surface area contributed by atoms with Gasteiger partial charge in [0.1, 0.15) is 11.0 Å². The van der Waals surface area contributed by atoms with Crippen LogP contribution in [0.15, 0.2) is 46.9 Å². The Bertz CT molecular complexity index is 955. The van der Waals surface area contributed by atoms with Gasteiger partial charge in [-0.05, 0) is 32.9 Å². The molecule has 4 nitrogen and oxygen atoms in total. The van der Waals surface area contributed by atoms with Crippen LogP contribution in [0.1, 0.15) is 34.2 Å². The molecular weight excluding hydrogens is 338 g/mol. The predicted molar refractivity (Wildman–Crippen MR) is 99.5 cm³/mol. The molecule has 25 heavy (non-hydrogen) atoms. The summed E-state index contributed by atoms with van der Waals surface area (Å²) in [6.45, 7) is 5.43. The van der Waals surface area contributed by atoms with Gasteiger partial charge in [-0.15, -0.1) is 11.6 Å². The maximum absolute atomic E-state index is 12.7. The zero-order valence-electron chi connectivity index (χ0n) is 14.2. The van der Waals surface area contributed by atoms with Gasteiger partial charge in [-0.25, -0.2) is 0 Å². The standard InChI is InChI=1S/C20H18ClNO3/c1-11-4-6-14(7-5-11)18(23)19-12(2)16-9-8-15(10-17(16)25-19)22-20(24)13(3)21/h4-10,13H,1-3H3,(H,22,24). The molecule has 1 atom stereocenters. The molecule has 0 radical (unpaired) electrons. The highest BCUT2D eigenvalue weighted by molar-refractivity contribution is 6.32. The number of aryl methyl sites for hydroxylation is 2. The third-order valence-electron chi connectivity index (χ3n) is 4.09. The fraction of sp³-hybridized carbons (Fsp3) is 0.200. The number of carbonyl (C=O) groups excluding carboxylic acids is 2. The summed E-state index contributed by atoms with van der Waals surface area (Å²) in [7, 11) is 0. The van der Waals surface area contributed by atoms with Crippen LogP contribution in [0, 0.1) is 13.8 Å². The summed E-state index contributed by atoms with van der Waals surface area (Å²) >= 11 is 5.77. The van der Waals surface area contributed by atoms with Gasteiger partial charge in [-0.3, -0.25) is 9.59 Å². The fourth-order valence-corrected chi connectivity index (χ4v) is 2.65. The number of hydrogen-bond donors (Lipinski definition) is 1. The van der Waals surface area contributed by atoms with Crippen molar-refractivity contribution in [1.29, 1.82) is 0 Å². The number of alkyl halides is 1. The van der Waals surface area contributed by atoms with Crippen LogP contribution in [0.5, 0.6) is 0 Å². The normalized spacial score (nSPS) is 12.2. The van der Waals surface area contributed by atoms with E-state index in [1.807, 2.05) is 32.0 Å². The van der Waals surface area contributed by atoms with E-state index in [0.29, 0.717) is 22.6 Å². The minimum Gasteiger partial charge on any atom is -0.452 e. The number of fused-ring (bicyclic) bond motifs is 1. The van der Waals surface area contributed by atoms with Crippen LogP contribution in [0.4, 0.5) is 5.69 Å². The molecule has 0 aliphatic rings. The van der Waals surface area contributed by atoms with Crippen LogP contribution >= 0.6 is 11.6 Å². The lowest BCUT2D eigenvalue weighted by Gasteiger charge is -2.05. The van der Waals surface area contributed by atoms with Crippen LogP contribution in [0.25, 0.3) is 11.0 Å². The van der Waals surface area contributed by atoms with E-state index < -0.39 is 5.38 Å². The van der Waals surface area contributed by atoms with Crippen LogP contribution in [0.2, 0.25) is 0 Å². The summed E-state index contributed by atoms with van der Waals surface area (Å²) in [5.74, 6) is -0.137. The molecule has 0 aliphatic carbocycles. The van der Waals surface area contributed by atoms with Crippen molar-refractivity contribution in [2.45, 2.75) is 26.1 Å². The summed E-state index contributed by atoms with van der Waals surface area (Å²) in [5.41, 5.74) is 3.58. The van der Waals surface area contributed by atoms with Crippen LogP contribution < -0.4 is 5.32 Å². The van der Waals surface area contributed by atoms with Crippen LogP contribution in [-0.4, -0.2) is 17.1 Å². The molecule has 1 aromatic heterocycles. The largest absolute Gasteiger partial charge is 0.452 e. The second kappa shape index (κ2) is 6.73. The number of ketones is 1. The Hall–Kier alpha value is -2.59. The maximum atomic E-state index is 12.7. The Morgan fingerprint density at radius 1 is 1.08 bits per heavy atom. The van der Waals surface area contributed by atoms with Gasteiger partial charge in [0.15, 0.2) is 5.76 Å². The third kappa shape index (κ3) is 3.44. The lowest BCUT2D eigenvalue weighted by Crippen LogP contribution is -2.20. The number of anilines is 1. The number of rotatable bonds is 4. The Labute approximate surface area is 150 Å². The Balaban J connectivity index is 1.97. The second-order valence-corrected chi connectivity index (χ2v) is 6.72. The summed E-state index contributed by atoms with van der Waals surface area (Å²) in [5, 5.41) is 2.92. The molecule has 128 valence electrons. The zero-order valence-corrected chi connectivity index (χ0v) is 15.0. The van der Waals surface area contributed by atoms with Gasteiger partial charge >= 0.3 is 0 Å². The highest BCUT2D eigenvalue weighted by atomic mass is 35.5. The lowest BCUT2D eigenvalue weighted by atomic mass is 10.0. The van der Waals surface area contributed by atoms with E-state index in [1.165, 1.54) is 0 Å². The second-order valence-electron chi connectivity index (χ2n) is 6.07. The first kappa shape index (κ1) is 17.2. The molecule has 0 saturated carbocycles. The van der Waals surface area contributed by atoms with Crippen molar-refractivity contribution in [2.75, 3.05) is 5.32 Å². The first-order valence-corrected chi connectivity index (χ1v) is 8.40. The molecule has 1 unspecified atom stereocenters. The monoisotopic (exact) mass is 355 g/mol. The van der Waals surface area contributed by atoms with E-state index in [2.05, 4.69) is 5.32 Å². The smallest absolute Gasteiger partial charge is 0.242 e. The average molecular weight is 356 g/mol. The molecule has 3 rings (SSSR count). The van der Waals surface area contributed by atoms with Gasteiger partial charge < -0.3 is 9.73 Å². The molecule has 0 saturated heterocycles. The van der Waals surface area contributed by atoms with Gasteiger partial charge in [-0.1, -0.05) is 29.8 Å². The number of nitrogens with one attached hydrogen (secondary N) is 1. The number of halogens is 1. The van der Waals surface area contributed by atoms with Crippen LogP contribution in [0.3, 0.4) is 0 Å². The number of furan rings is 1. The first-order valence-electron chi connectivity index (χ1n) is 7.96. The van der Waals surface area contributed by atoms with E-state index >= 15 is 0 Å². The molecule has 0 aliphatic heterocycles. The number of benzene rings is 2. The third-order valence-corrected chi connectivity index (χ3v) is 4.29. The molecule has 5 heteroatoms. The van der Waals surface area contributed by atoms with Crippen molar-refractivity contribution in [3.8, 4) is 0 Å². The topological polar surface area (TPSA) is 59.3 Å². The van der Waals surface area contributed by atoms with Crippen molar-refractivity contribution in [3.63, 3.8) is 0 Å². The van der Waals surface area contributed by atoms with E-state index in [1.54, 1.807) is 31.2 Å². The van der Waals surface area contributed by atoms with Gasteiger partial charge in [0.05, 0.1) is 0 Å². The minimum atomic E-state index is -0.632. The molecule has 1 N–H and O–H groups in total. The van der Waals surface area contributed by atoms with Gasteiger partial charge in [-0.2, -0.15) is 0 Å². The summed E-state index contributed by atoms with van der Waals surface area (Å²) in [6.07, 6.45) is 0. The van der Waals surface area contributed by atoms with Crippen molar-refractivity contribution in [2.24, 2.45) is 0 Å². The number of hydrogen-bond acceptors (Lipinski definition) is 3. The highest BCUT2D eigenvalue weighted by Crippen LogP contribution is 2.29. The Morgan fingerprint density at radius 2 is 1.76 bits per heavy atom. The molecule has 1 heterocycles. The van der Waals surface area contributed by atoms with Crippen molar-refractivity contribution in [3.05, 3.63) is 64.9 Å². The van der Waals surface area contributed by atoms with Crippen molar-refractivity contribution in [1.82, 2.24) is 0 Å². The van der Waals surface area contributed by atoms with Gasteiger partial charge in [0.25, 0.3) is 0 Å². The molecule has 2 aromatic carbocycles. The zero-order chi connectivity index (χ0) is 18.1. The summed E-state index contributed by atoms with van der Waals surface area (Å²) < 4.78 is 5.79. The van der Waals surface area contributed by atoms with E-state index in [0.717, 1.165) is 16.5 Å². The molecule has 0 fully saturated rings. The van der Waals surface area contributed by atoms with Crippen LogP contribution in [-0.2, 0) is 4.79 Å². The highest BCUT2D eigenvalue weighted by Gasteiger charge is 2.19. The summed E-state index contributed by atoms with van der Waals surface area (Å²) in [4.78, 5) is 24.4. The van der Waals surface area contributed by atoms with Crippen molar-refractivity contribution >= 4 is 39.9 Å². The van der Waals surface area contributed by atoms with E-state index in [9.17, 15) is 9.59 Å². The fourth-order valence-electron chi connectivity index (χ4n) is 2.60. The SMILES string of the molecule is Cc1ccc(C(=O)c2oc3cc(NC(=O)C(C)Cl)ccc3c2C)cc1. The molecule has 3 aromatic rings. The first-order chi connectivity index (χ1) is 11.9. The van der Waals surface area contributed by atoms with Gasteiger partial charge in [0.2, 0.25) is 11.7 Å².